The molecule has 0 bridgehead atoms. The second-order valence-corrected chi connectivity index (χ2v) is 9.80. The Morgan fingerprint density at radius 1 is 1.10 bits per heavy atom. The third-order valence-corrected chi connectivity index (χ3v) is 7.48. The first-order valence-corrected chi connectivity index (χ1v) is 11.9. The van der Waals surface area contributed by atoms with E-state index >= 15 is 0 Å². The zero-order valence-electron chi connectivity index (χ0n) is 16.2. The molecule has 0 spiro atoms. The largest absolute Gasteiger partial charge is 0.341 e. The number of thiophene rings is 1. The number of halogens is 1. The molecule has 154 valence electrons. The molecule has 0 radical (unpaired) electrons. The number of benzene rings is 1. The highest BCUT2D eigenvalue weighted by Crippen LogP contribution is 2.33. The normalized spacial score (nSPS) is 15.0. The number of amides is 1. The van der Waals surface area contributed by atoms with Gasteiger partial charge >= 0.3 is 0 Å². The number of carbonyl (C=O) groups excluding carboxylic acids is 1. The average molecular weight is 458 g/mol. The molecule has 0 atom stereocenters. The molecule has 0 saturated carbocycles. The van der Waals surface area contributed by atoms with Gasteiger partial charge in [0.15, 0.2) is 0 Å². The zero-order chi connectivity index (χ0) is 20.5. The lowest BCUT2D eigenvalue weighted by Gasteiger charge is -2.21. The van der Waals surface area contributed by atoms with Gasteiger partial charge in [0, 0.05) is 31.6 Å². The van der Waals surface area contributed by atoms with Crippen molar-refractivity contribution in [1.82, 2.24) is 19.9 Å². The number of nitrogens with zero attached hydrogens (tertiary/aromatic N) is 4. The van der Waals surface area contributed by atoms with Crippen LogP contribution in [0.25, 0.3) is 20.9 Å². The molecule has 1 N–H and O–H groups in total. The van der Waals surface area contributed by atoms with Crippen LogP contribution in [-0.2, 0) is 11.2 Å². The molecule has 3 aromatic heterocycles. The maximum absolute atomic E-state index is 12.9. The number of H-pyrrole nitrogens is 1. The molecular weight excluding hydrogens is 438 g/mol. The summed E-state index contributed by atoms with van der Waals surface area (Å²) in [4.78, 5) is 30.8. The first-order chi connectivity index (χ1) is 14.7. The highest BCUT2D eigenvalue weighted by atomic mass is 35.5. The number of anilines is 1. The lowest BCUT2D eigenvalue weighted by Crippen LogP contribution is -2.36. The van der Waals surface area contributed by atoms with Crippen molar-refractivity contribution in [3.05, 3.63) is 51.8 Å². The maximum Gasteiger partial charge on any atom is 0.228 e. The molecule has 1 aliphatic rings. The summed E-state index contributed by atoms with van der Waals surface area (Å²) >= 11 is 9.09. The van der Waals surface area contributed by atoms with Crippen LogP contribution < -0.4 is 4.90 Å². The van der Waals surface area contributed by atoms with Gasteiger partial charge in [0.2, 0.25) is 11.9 Å². The molecule has 9 heteroatoms. The number of para-hydroxylation sites is 2. The van der Waals surface area contributed by atoms with Crippen LogP contribution in [-0.4, -0.2) is 51.9 Å². The fourth-order valence-corrected chi connectivity index (χ4v) is 5.60. The van der Waals surface area contributed by atoms with E-state index in [0.29, 0.717) is 13.0 Å². The number of hydrogen-bond donors (Lipinski definition) is 1. The van der Waals surface area contributed by atoms with Crippen LogP contribution >= 0.6 is 34.3 Å². The van der Waals surface area contributed by atoms with Crippen LogP contribution in [0, 0.1) is 0 Å². The van der Waals surface area contributed by atoms with Crippen molar-refractivity contribution in [3.63, 3.8) is 0 Å². The standard InChI is InChI=1S/C21H20ClN5OS2/c22-18-7-6-17(30-18)20-23-14(13-29-20)12-19(28)26-8-3-9-27(11-10-26)21-24-15-4-1-2-5-16(15)25-21/h1-2,4-7,13H,3,8-12H2,(H,24,25). The van der Waals surface area contributed by atoms with Crippen LogP contribution in [0.1, 0.15) is 12.1 Å². The monoisotopic (exact) mass is 457 g/mol. The molecule has 4 aromatic rings. The number of rotatable bonds is 4. The van der Waals surface area contributed by atoms with Gasteiger partial charge in [-0.15, -0.1) is 22.7 Å². The Labute approximate surface area is 187 Å². The van der Waals surface area contributed by atoms with Gasteiger partial charge in [0.05, 0.1) is 32.4 Å². The average Bonchev–Trinajstić information content (AvgIpc) is 3.44. The second kappa shape index (κ2) is 8.37. The van der Waals surface area contributed by atoms with Gasteiger partial charge in [0.1, 0.15) is 5.01 Å². The number of hydrogen-bond acceptors (Lipinski definition) is 6. The van der Waals surface area contributed by atoms with Gasteiger partial charge in [-0.3, -0.25) is 4.79 Å². The number of thiazole rings is 1. The van der Waals surface area contributed by atoms with Crippen LogP contribution in [0.3, 0.4) is 0 Å². The Hall–Kier alpha value is -2.42. The Morgan fingerprint density at radius 2 is 2.00 bits per heavy atom. The Balaban J connectivity index is 1.22. The topological polar surface area (TPSA) is 65.1 Å². The van der Waals surface area contributed by atoms with E-state index in [9.17, 15) is 4.79 Å². The summed E-state index contributed by atoms with van der Waals surface area (Å²) in [7, 11) is 0. The quantitative estimate of drug-likeness (QED) is 0.483. The van der Waals surface area contributed by atoms with E-state index in [2.05, 4.69) is 14.9 Å². The van der Waals surface area contributed by atoms with E-state index < -0.39 is 0 Å². The predicted molar refractivity (Wildman–Crippen MR) is 124 cm³/mol. The van der Waals surface area contributed by atoms with Crippen molar-refractivity contribution in [2.24, 2.45) is 0 Å². The molecule has 1 aromatic carbocycles. The summed E-state index contributed by atoms with van der Waals surface area (Å²) in [6.45, 7) is 3.09. The lowest BCUT2D eigenvalue weighted by atomic mass is 10.3. The fraction of sp³-hybridized carbons (Fsp3) is 0.286. The van der Waals surface area contributed by atoms with Crippen molar-refractivity contribution in [1.29, 1.82) is 0 Å². The maximum atomic E-state index is 12.9. The predicted octanol–water partition coefficient (Wildman–Crippen LogP) is 4.68. The molecule has 5 rings (SSSR count). The van der Waals surface area contributed by atoms with Crippen LogP contribution in [0.2, 0.25) is 4.34 Å². The summed E-state index contributed by atoms with van der Waals surface area (Å²) in [5.41, 5.74) is 2.83. The van der Waals surface area contributed by atoms with Gasteiger partial charge in [-0.1, -0.05) is 23.7 Å². The number of nitrogens with one attached hydrogen (secondary N) is 1. The summed E-state index contributed by atoms with van der Waals surface area (Å²) in [6, 6.07) is 11.9. The minimum Gasteiger partial charge on any atom is -0.341 e. The Morgan fingerprint density at radius 3 is 2.83 bits per heavy atom. The first-order valence-electron chi connectivity index (χ1n) is 9.83. The molecule has 1 fully saturated rings. The summed E-state index contributed by atoms with van der Waals surface area (Å²) in [5, 5.41) is 2.89. The molecule has 0 aliphatic carbocycles. The van der Waals surface area contributed by atoms with Gasteiger partial charge in [-0.05, 0) is 30.7 Å². The molecule has 4 heterocycles. The molecule has 6 nitrogen and oxygen atoms in total. The highest BCUT2D eigenvalue weighted by molar-refractivity contribution is 7.23. The smallest absolute Gasteiger partial charge is 0.228 e. The molecule has 0 unspecified atom stereocenters. The van der Waals surface area contributed by atoms with Crippen molar-refractivity contribution < 1.29 is 4.79 Å². The van der Waals surface area contributed by atoms with Crippen LogP contribution in [0.4, 0.5) is 5.95 Å². The fourth-order valence-electron chi connectivity index (χ4n) is 3.67. The molecule has 1 aliphatic heterocycles. The SMILES string of the molecule is O=C(Cc1csc(-c2ccc(Cl)s2)n1)N1CCCN(c2nc3ccccc3[nH]2)CC1. The van der Waals surface area contributed by atoms with E-state index in [1.807, 2.05) is 46.7 Å². The minimum atomic E-state index is 0.127. The van der Waals surface area contributed by atoms with Crippen molar-refractivity contribution >= 4 is 57.2 Å². The highest BCUT2D eigenvalue weighted by Gasteiger charge is 2.22. The molecule has 30 heavy (non-hydrogen) atoms. The van der Waals surface area contributed by atoms with Crippen molar-refractivity contribution in [2.75, 3.05) is 31.1 Å². The second-order valence-electron chi connectivity index (χ2n) is 7.22. The van der Waals surface area contributed by atoms with Crippen molar-refractivity contribution in [3.8, 4) is 9.88 Å². The summed E-state index contributed by atoms with van der Waals surface area (Å²) in [6.07, 6.45) is 1.25. The van der Waals surface area contributed by atoms with Crippen LogP contribution in [0.5, 0.6) is 0 Å². The third-order valence-electron chi connectivity index (χ3n) is 5.19. The number of imidazole rings is 1. The van der Waals surface area contributed by atoms with Gasteiger partial charge in [-0.2, -0.15) is 0 Å². The summed E-state index contributed by atoms with van der Waals surface area (Å²) < 4.78 is 0.747. The van der Waals surface area contributed by atoms with Crippen LogP contribution in [0.15, 0.2) is 41.8 Å². The van der Waals surface area contributed by atoms with E-state index in [4.69, 9.17) is 16.6 Å². The third kappa shape index (κ3) is 4.08. The zero-order valence-corrected chi connectivity index (χ0v) is 18.6. The summed E-state index contributed by atoms with van der Waals surface area (Å²) in [5.74, 6) is 1.01. The van der Waals surface area contributed by atoms with E-state index in [1.165, 1.54) is 11.3 Å². The van der Waals surface area contributed by atoms with Gasteiger partial charge in [-0.25, -0.2) is 9.97 Å². The first kappa shape index (κ1) is 19.5. The molecule has 1 saturated heterocycles. The van der Waals surface area contributed by atoms with E-state index in [-0.39, 0.29) is 5.91 Å². The number of aromatic nitrogens is 3. The Bertz CT molecular complexity index is 1150. The van der Waals surface area contributed by atoms with Gasteiger partial charge < -0.3 is 14.8 Å². The number of carbonyl (C=O) groups is 1. The van der Waals surface area contributed by atoms with E-state index in [0.717, 1.165) is 63.0 Å². The Kier molecular flexibility index (Phi) is 5.45. The minimum absolute atomic E-state index is 0.127. The number of aromatic amines is 1. The van der Waals surface area contributed by atoms with Gasteiger partial charge in [0.25, 0.3) is 0 Å². The van der Waals surface area contributed by atoms with Crippen molar-refractivity contribution in [2.45, 2.75) is 12.8 Å². The lowest BCUT2D eigenvalue weighted by molar-refractivity contribution is -0.130. The molecular formula is C21H20ClN5OS2. The molecule has 1 amide bonds. The van der Waals surface area contributed by atoms with E-state index in [1.54, 1.807) is 11.3 Å². The number of fused-ring (bicyclic) bond motifs is 1.